The summed E-state index contributed by atoms with van der Waals surface area (Å²) in [5.74, 6) is -5.67. The first kappa shape index (κ1) is 52.9. The van der Waals surface area contributed by atoms with Gasteiger partial charge in [0.05, 0.1) is 35.3 Å². The number of hydrogen-bond donors (Lipinski definition) is 4. The first-order valence-electron chi connectivity index (χ1n) is 23.0. The number of hydrogen-bond acceptors (Lipinski definition) is 10. The van der Waals surface area contributed by atoms with E-state index in [9.17, 15) is 49.7 Å². The van der Waals surface area contributed by atoms with Crippen molar-refractivity contribution in [3.8, 4) is 22.5 Å². The number of halogens is 6. The summed E-state index contributed by atoms with van der Waals surface area (Å²) in [7, 11) is -1.73. The molecule has 2 aliphatic rings. The Morgan fingerprint density at radius 3 is 1.38 bits per heavy atom. The predicted molar refractivity (Wildman–Crippen MR) is 279 cm³/mol. The lowest BCUT2D eigenvalue weighted by Gasteiger charge is -2.30. The minimum Gasteiger partial charge on any atom is -0.333 e. The molecule has 0 saturated carbocycles. The van der Waals surface area contributed by atoms with Crippen molar-refractivity contribution < 1.29 is 49.7 Å². The molecule has 0 saturated heterocycles. The van der Waals surface area contributed by atoms with Gasteiger partial charge in [-0.25, -0.2) is 65.7 Å². The molecule has 8 aromatic rings. The summed E-state index contributed by atoms with van der Waals surface area (Å²) in [5.41, 5.74) is 4.06. The standard InChI is InChI=1S/C27H20F3N5O3S.C27H20F3N5O2S/c1-14-6-7-15(25(36)32-17-10-8-16(28)9-11-17)12-18(14)22-19-13-31-27(37)35(23-20(29)4-3-5-21(23)30)24(19)34-26(33-22)39(2)38;1-14-6-7-15(25(36)32-17-10-8-16(28)9-11-17)12-18(14)22-19-13-31-27(37)35(24(19)34-26(33-22)38-2)23-20(29)4-3-5-21(23)30/h3-12H,13H2,1-2H3,(H,31,37)(H,32,36);3-12H,13H2,1-2H3,(H,31,37)(H,32,36). The minimum absolute atomic E-state index is 0.0101. The molecule has 390 valence electrons. The normalized spacial score (nSPS) is 13.1. The summed E-state index contributed by atoms with van der Waals surface area (Å²) < 4.78 is 98.0. The Balaban J connectivity index is 0.000000188. The molecular formula is C54H40F6N10O5S2. The average molecular weight is 1090 g/mol. The van der Waals surface area contributed by atoms with Crippen molar-refractivity contribution in [2.75, 3.05) is 32.9 Å². The van der Waals surface area contributed by atoms with E-state index in [0.717, 1.165) is 39.6 Å². The van der Waals surface area contributed by atoms with Crippen molar-refractivity contribution in [2.45, 2.75) is 37.2 Å². The highest BCUT2D eigenvalue weighted by atomic mass is 32.2. The fourth-order valence-corrected chi connectivity index (χ4v) is 9.07. The van der Waals surface area contributed by atoms with Crippen LogP contribution in [0.25, 0.3) is 22.5 Å². The number of carbonyl (C=O) groups excluding carboxylic acids is 4. The largest absolute Gasteiger partial charge is 0.333 e. The molecule has 2 aromatic heterocycles. The van der Waals surface area contributed by atoms with E-state index < -0.39 is 81.0 Å². The zero-order valence-corrected chi connectivity index (χ0v) is 42.4. The van der Waals surface area contributed by atoms with Gasteiger partial charge in [0.2, 0.25) is 5.16 Å². The molecule has 6 aromatic carbocycles. The van der Waals surface area contributed by atoms with Crippen LogP contribution in [-0.4, -0.2) is 60.5 Å². The van der Waals surface area contributed by atoms with Crippen LogP contribution in [0.1, 0.15) is 43.0 Å². The molecular weight excluding hydrogens is 1050 g/mol. The zero-order chi connectivity index (χ0) is 54.8. The topological polar surface area (TPSA) is 192 Å². The molecule has 4 N–H and O–H groups in total. The second kappa shape index (κ2) is 22.1. The van der Waals surface area contributed by atoms with Gasteiger partial charge in [-0.1, -0.05) is 36.0 Å². The van der Waals surface area contributed by atoms with E-state index in [4.69, 9.17) is 0 Å². The van der Waals surface area contributed by atoms with Crippen LogP contribution < -0.4 is 31.1 Å². The van der Waals surface area contributed by atoms with Crippen molar-refractivity contribution in [1.82, 2.24) is 30.6 Å². The third-order valence-corrected chi connectivity index (χ3v) is 13.3. The third-order valence-electron chi connectivity index (χ3n) is 12.1. The number of anilines is 6. The Kier molecular flexibility index (Phi) is 15.2. The summed E-state index contributed by atoms with van der Waals surface area (Å²) >= 11 is 1.20. The highest BCUT2D eigenvalue weighted by Gasteiger charge is 2.36. The fraction of sp³-hybridized carbons (Fsp3) is 0.111. The number of para-hydroxylation sites is 2. The van der Waals surface area contributed by atoms with Gasteiger partial charge in [0, 0.05) is 51.0 Å². The number of aryl methyl sites for hydroxylation is 2. The van der Waals surface area contributed by atoms with E-state index in [-0.39, 0.29) is 46.3 Å². The molecule has 10 rings (SSSR count). The van der Waals surface area contributed by atoms with Crippen molar-refractivity contribution in [2.24, 2.45) is 0 Å². The van der Waals surface area contributed by atoms with E-state index in [2.05, 4.69) is 41.2 Å². The first-order chi connectivity index (χ1) is 36.9. The number of rotatable bonds is 10. The Morgan fingerprint density at radius 1 is 0.571 bits per heavy atom. The molecule has 6 amide bonds. The highest BCUT2D eigenvalue weighted by molar-refractivity contribution is 7.98. The lowest BCUT2D eigenvalue weighted by Crippen LogP contribution is -2.43. The van der Waals surface area contributed by atoms with Gasteiger partial charge in [0.15, 0.2) is 16.8 Å². The van der Waals surface area contributed by atoms with Crippen molar-refractivity contribution in [1.29, 1.82) is 0 Å². The molecule has 1 atom stereocenters. The van der Waals surface area contributed by atoms with Crippen molar-refractivity contribution in [3.63, 3.8) is 0 Å². The summed E-state index contributed by atoms with van der Waals surface area (Å²) in [6, 6.07) is 25.5. The van der Waals surface area contributed by atoms with E-state index in [1.807, 2.05) is 6.92 Å². The number of benzene rings is 6. The molecule has 0 fully saturated rings. The quantitative estimate of drug-likeness (QED) is 0.0582. The highest BCUT2D eigenvalue weighted by Crippen LogP contribution is 2.41. The molecule has 0 aliphatic carbocycles. The maximum Gasteiger partial charge on any atom is 0.328 e. The molecule has 77 heavy (non-hydrogen) atoms. The lowest BCUT2D eigenvalue weighted by molar-refractivity contribution is 0.101. The van der Waals surface area contributed by atoms with Crippen LogP contribution >= 0.6 is 11.8 Å². The van der Waals surface area contributed by atoms with Crippen LogP contribution in [0.15, 0.2) is 132 Å². The molecule has 0 spiro atoms. The summed E-state index contributed by atoms with van der Waals surface area (Å²) in [5, 5.41) is 10.7. The Hall–Kier alpha value is -8.96. The molecule has 15 nitrogen and oxygen atoms in total. The van der Waals surface area contributed by atoms with Crippen LogP contribution in [0, 0.1) is 48.8 Å². The maximum absolute atomic E-state index is 14.8. The van der Waals surface area contributed by atoms with Crippen LogP contribution in [-0.2, 0) is 23.9 Å². The van der Waals surface area contributed by atoms with Crippen LogP contribution in [0.2, 0.25) is 0 Å². The number of nitrogens with one attached hydrogen (secondary N) is 4. The Bertz CT molecular complexity index is 3690. The van der Waals surface area contributed by atoms with Gasteiger partial charge in [-0.2, -0.15) is 0 Å². The molecule has 0 bridgehead atoms. The number of nitrogens with zero attached hydrogens (tertiary/aromatic N) is 6. The van der Waals surface area contributed by atoms with E-state index in [1.54, 1.807) is 49.6 Å². The van der Waals surface area contributed by atoms with Gasteiger partial charge >= 0.3 is 12.1 Å². The van der Waals surface area contributed by atoms with E-state index >= 15 is 0 Å². The number of amides is 6. The van der Waals surface area contributed by atoms with E-state index in [0.29, 0.717) is 50.4 Å². The van der Waals surface area contributed by atoms with Gasteiger partial charge in [0.1, 0.15) is 46.3 Å². The summed E-state index contributed by atoms with van der Waals surface area (Å²) in [6.07, 6.45) is 3.07. The molecule has 0 radical (unpaired) electrons. The minimum atomic E-state index is -1.73. The monoisotopic (exact) mass is 1090 g/mol. The molecule has 4 heterocycles. The summed E-state index contributed by atoms with van der Waals surface area (Å²) in [4.78, 5) is 71.1. The van der Waals surface area contributed by atoms with Crippen LogP contribution in [0.3, 0.4) is 0 Å². The number of thioether (sulfide) groups is 1. The van der Waals surface area contributed by atoms with Gasteiger partial charge in [-0.15, -0.1) is 0 Å². The Labute approximate surface area is 441 Å². The lowest BCUT2D eigenvalue weighted by atomic mass is 9.97. The number of aromatic nitrogens is 4. The Morgan fingerprint density at radius 2 is 0.974 bits per heavy atom. The van der Waals surface area contributed by atoms with Gasteiger partial charge in [-0.05, 0) is 128 Å². The van der Waals surface area contributed by atoms with Crippen LogP contribution in [0.4, 0.5) is 70.3 Å². The van der Waals surface area contributed by atoms with E-state index in [1.165, 1.54) is 78.7 Å². The second-order valence-corrected chi connectivity index (χ2v) is 19.1. The predicted octanol–water partition coefficient (Wildman–Crippen LogP) is 11.4. The first-order valence-corrected chi connectivity index (χ1v) is 25.8. The molecule has 1 unspecified atom stereocenters. The second-order valence-electron chi connectivity index (χ2n) is 17.1. The van der Waals surface area contributed by atoms with Crippen molar-refractivity contribution >= 4 is 80.8 Å². The summed E-state index contributed by atoms with van der Waals surface area (Å²) in [6.45, 7) is 3.53. The number of urea groups is 2. The average Bonchev–Trinajstić information content (AvgIpc) is 3.44. The number of fused-ring (bicyclic) bond motifs is 2. The van der Waals surface area contributed by atoms with Gasteiger partial charge in [-0.3, -0.25) is 13.8 Å². The van der Waals surface area contributed by atoms with Gasteiger partial charge < -0.3 is 21.3 Å². The van der Waals surface area contributed by atoms with Gasteiger partial charge in [0.25, 0.3) is 11.8 Å². The molecule has 23 heteroatoms. The zero-order valence-electron chi connectivity index (χ0n) is 40.8. The molecule has 2 aliphatic heterocycles. The fourth-order valence-electron chi connectivity index (χ4n) is 8.27. The van der Waals surface area contributed by atoms with Crippen molar-refractivity contribution in [3.05, 3.63) is 190 Å². The van der Waals surface area contributed by atoms with Crippen LogP contribution in [0.5, 0.6) is 0 Å². The SMILES string of the molecule is CSc1nc(-c2cc(C(=O)Nc3ccc(F)cc3)ccc2C)c2c(n1)N(c1c(F)cccc1F)C(=O)NC2.Cc1ccc(C(=O)Nc2ccc(F)cc2)cc1-c1nc(S(C)=O)nc2c1CNC(=O)N2c1c(F)cccc1F. The maximum atomic E-state index is 14.8. The third kappa shape index (κ3) is 10.9. The smallest absolute Gasteiger partial charge is 0.328 e. The number of carbonyl (C=O) groups is 4.